The highest BCUT2D eigenvalue weighted by atomic mass is 79.9. The van der Waals surface area contributed by atoms with Gasteiger partial charge in [0, 0.05) is 16.5 Å². The van der Waals surface area contributed by atoms with Crippen LogP contribution < -0.4 is 4.74 Å². The summed E-state index contributed by atoms with van der Waals surface area (Å²) in [5.74, 6) is 0.745. The predicted octanol–water partition coefficient (Wildman–Crippen LogP) is 4.85. The number of benzene rings is 1. The van der Waals surface area contributed by atoms with E-state index in [1.165, 1.54) is 6.42 Å². The molecule has 1 aliphatic heterocycles. The maximum absolute atomic E-state index is 12.6. The summed E-state index contributed by atoms with van der Waals surface area (Å²) in [7, 11) is -3.59. The van der Waals surface area contributed by atoms with E-state index in [0.717, 1.165) is 41.5 Å². The van der Waals surface area contributed by atoms with Crippen molar-refractivity contribution in [2.75, 3.05) is 0 Å². The summed E-state index contributed by atoms with van der Waals surface area (Å²) in [6.07, 6.45) is 5.92. The second kappa shape index (κ2) is 6.13. The highest BCUT2D eigenvalue weighted by Crippen LogP contribution is 2.43. The molecule has 0 radical (unpaired) electrons. The van der Waals surface area contributed by atoms with Gasteiger partial charge in [-0.05, 0) is 64.7 Å². The van der Waals surface area contributed by atoms with Crippen LogP contribution in [-0.2, 0) is 10.0 Å². The predicted molar refractivity (Wildman–Crippen MR) is 100 cm³/mol. The van der Waals surface area contributed by atoms with E-state index >= 15 is 0 Å². The smallest absolute Gasteiger partial charge is 0.258 e. The third-order valence-corrected chi connectivity index (χ3v) is 7.34. The van der Waals surface area contributed by atoms with Gasteiger partial charge >= 0.3 is 0 Å². The van der Waals surface area contributed by atoms with Gasteiger partial charge < -0.3 is 4.74 Å². The van der Waals surface area contributed by atoms with Crippen molar-refractivity contribution in [3.63, 3.8) is 0 Å². The molecule has 0 amide bonds. The van der Waals surface area contributed by atoms with Crippen LogP contribution in [0.1, 0.15) is 64.9 Å². The summed E-state index contributed by atoms with van der Waals surface area (Å²) in [6.45, 7) is 5.05. The molecule has 24 heavy (non-hydrogen) atoms. The zero-order valence-corrected chi connectivity index (χ0v) is 16.8. The van der Waals surface area contributed by atoms with Crippen molar-refractivity contribution < 1.29 is 13.2 Å². The molecule has 2 aliphatic rings. The van der Waals surface area contributed by atoms with Crippen molar-refractivity contribution >= 4 is 31.7 Å². The minimum atomic E-state index is -3.59. The van der Waals surface area contributed by atoms with Crippen molar-refractivity contribution in [1.29, 1.82) is 0 Å². The molecule has 1 aromatic rings. The van der Waals surface area contributed by atoms with Crippen molar-refractivity contribution in [3.8, 4) is 5.75 Å². The fourth-order valence-corrected chi connectivity index (χ4v) is 4.41. The molecule has 4 nitrogen and oxygen atoms in total. The Morgan fingerprint density at radius 3 is 2.46 bits per heavy atom. The Labute approximate surface area is 152 Å². The van der Waals surface area contributed by atoms with E-state index < -0.39 is 14.8 Å². The Morgan fingerprint density at radius 1 is 1.17 bits per heavy atom. The van der Waals surface area contributed by atoms with Gasteiger partial charge in [0.05, 0.1) is 10.5 Å². The second-order valence-corrected chi connectivity index (χ2v) is 11.1. The standard InChI is InChI=1S/C18H24BrNO3S/c1-17(2,3)24(21,22)20-15-12-18(9-5-4-6-10-18)23-16-8-7-13(19)11-14(15)16/h7-8,11H,4-6,9-10,12H2,1-3H3. The fourth-order valence-electron chi connectivity index (χ4n) is 3.32. The number of rotatable bonds is 1. The van der Waals surface area contributed by atoms with E-state index in [9.17, 15) is 8.42 Å². The molecule has 1 saturated carbocycles. The van der Waals surface area contributed by atoms with Gasteiger partial charge in [0.1, 0.15) is 11.4 Å². The first-order valence-corrected chi connectivity index (χ1v) is 10.7. The molecular weight excluding hydrogens is 390 g/mol. The number of halogens is 1. The van der Waals surface area contributed by atoms with Crippen LogP contribution in [0.15, 0.2) is 27.1 Å². The third kappa shape index (κ3) is 3.40. The van der Waals surface area contributed by atoms with Crippen LogP contribution >= 0.6 is 15.9 Å². The Balaban J connectivity index is 2.12. The highest BCUT2D eigenvalue weighted by Gasteiger charge is 2.41. The molecule has 0 saturated heterocycles. The summed E-state index contributed by atoms with van der Waals surface area (Å²) in [5, 5.41) is 0. The van der Waals surface area contributed by atoms with E-state index in [-0.39, 0.29) is 5.60 Å². The van der Waals surface area contributed by atoms with E-state index in [0.29, 0.717) is 12.1 Å². The maximum atomic E-state index is 12.6. The average Bonchev–Trinajstić information content (AvgIpc) is 2.47. The lowest BCUT2D eigenvalue weighted by atomic mass is 9.78. The van der Waals surface area contributed by atoms with Crippen molar-refractivity contribution in [2.24, 2.45) is 4.40 Å². The topological polar surface area (TPSA) is 55.7 Å². The van der Waals surface area contributed by atoms with Gasteiger partial charge in [-0.15, -0.1) is 0 Å². The zero-order chi connectivity index (χ0) is 17.6. The van der Waals surface area contributed by atoms with Crippen LogP contribution in [0.25, 0.3) is 0 Å². The lowest BCUT2D eigenvalue weighted by Crippen LogP contribution is -2.44. The lowest BCUT2D eigenvalue weighted by molar-refractivity contribution is 0.0322. The first-order chi connectivity index (χ1) is 11.1. The Bertz CT molecular complexity index is 772. The van der Waals surface area contributed by atoms with Gasteiger partial charge in [0.15, 0.2) is 0 Å². The van der Waals surface area contributed by atoms with Crippen LogP contribution in [0.5, 0.6) is 5.75 Å². The van der Waals surface area contributed by atoms with Crippen LogP contribution in [0.2, 0.25) is 0 Å². The van der Waals surface area contributed by atoms with Gasteiger partial charge in [-0.2, -0.15) is 4.40 Å². The zero-order valence-electron chi connectivity index (χ0n) is 14.4. The van der Waals surface area contributed by atoms with Crippen LogP contribution in [0, 0.1) is 0 Å². The number of sulfonamides is 1. The summed E-state index contributed by atoms with van der Waals surface area (Å²) < 4.78 is 35.9. The van der Waals surface area contributed by atoms with Gasteiger partial charge in [-0.3, -0.25) is 0 Å². The number of hydrogen-bond donors (Lipinski definition) is 0. The number of ether oxygens (including phenoxy) is 1. The van der Waals surface area contributed by atoms with E-state index in [1.54, 1.807) is 20.8 Å². The minimum Gasteiger partial charge on any atom is -0.486 e. The molecule has 1 heterocycles. The first-order valence-electron chi connectivity index (χ1n) is 8.44. The summed E-state index contributed by atoms with van der Waals surface area (Å²) in [6, 6.07) is 5.74. The highest BCUT2D eigenvalue weighted by molar-refractivity contribution is 9.10. The largest absolute Gasteiger partial charge is 0.486 e. The molecule has 1 aliphatic carbocycles. The molecule has 1 fully saturated rings. The van der Waals surface area contributed by atoms with Crippen LogP contribution in [0.4, 0.5) is 0 Å². The van der Waals surface area contributed by atoms with Crippen LogP contribution in [0.3, 0.4) is 0 Å². The molecule has 1 spiro atoms. The molecule has 6 heteroatoms. The van der Waals surface area contributed by atoms with Gasteiger partial charge in [-0.1, -0.05) is 22.4 Å². The van der Waals surface area contributed by atoms with Crippen molar-refractivity contribution in [3.05, 3.63) is 28.2 Å². The number of fused-ring (bicyclic) bond motifs is 1. The number of hydrogen-bond acceptors (Lipinski definition) is 3. The minimum absolute atomic E-state index is 0.300. The quantitative estimate of drug-likeness (QED) is 0.660. The normalized spacial score (nSPS) is 22.2. The van der Waals surface area contributed by atoms with Crippen molar-refractivity contribution in [2.45, 2.75) is 69.6 Å². The summed E-state index contributed by atoms with van der Waals surface area (Å²) in [4.78, 5) is 0. The molecule has 1 aromatic carbocycles. The molecule has 0 bridgehead atoms. The number of nitrogens with zero attached hydrogens (tertiary/aromatic N) is 1. The molecule has 0 aromatic heterocycles. The van der Waals surface area contributed by atoms with Gasteiger partial charge in [0.25, 0.3) is 10.0 Å². The first kappa shape index (κ1) is 17.9. The average molecular weight is 414 g/mol. The van der Waals surface area contributed by atoms with Gasteiger partial charge in [0.2, 0.25) is 0 Å². The maximum Gasteiger partial charge on any atom is 0.258 e. The molecule has 132 valence electrons. The summed E-state index contributed by atoms with van der Waals surface area (Å²) >= 11 is 3.46. The SMILES string of the molecule is CC(C)(C)S(=O)(=O)N=C1CC2(CCCCC2)Oc2ccc(Br)cc21. The second-order valence-electron chi connectivity index (χ2n) is 7.79. The Morgan fingerprint density at radius 2 is 1.83 bits per heavy atom. The van der Waals surface area contributed by atoms with Crippen molar-refractivity contribution in [1.82, 2.24) is 0 Å². The van der Waals surface area contributed by atoms with Gasteiger partial charge in [-0.25, -0.2) is 8.42 Å². The summed E-state index contributed by atoms with van der Waals surface area (Å²) in [5.41, 5.74) is 1.12. The van der Waals surface area contributed by atoms with E-state index in [2.05, 4.69) is 20.3 Å². The molecular formula is C18H24BrNO3S. The Kier molecular flexibility index (Phi) is 4.58. The lowest BCUT2D eigenvalue weighted by Gasteiger charge is -2.42. The van der Waals surface area contributed by atoms with E-state index in [4.69, 9.17) is 4.74 Å². The van der Waals surface area contributed by atoms with E-state index in [1.807, 2.05) is 18.2 Å². The third-order valence-electron chi connectivity index (χ3n) is 4.84. The molecule has 3 rings (SSSR count). The molecule has 0 unspecified atom stereocenters. The monoisotopic (exact) mass is 413 g/mol. The molecule has 0 atom stereocenters. The Hall–Kier alpha value is -0.880. The van der Waals surface area contributed by atoms with Crippen LogP contribution in [-0.4, -0.2) is 24.5 Å². The molecule has 0 N–H and O–H groups in total. The fraction of sp³-hybridized carbons (Fsp3) is 0.611.